The largest absolute Gasteiger partial charge is 0.353 e. The molecule has 3 rings (SSSR count). The first-order valence-electron chi connectivity index (χ1n) is 8.92. The number of carbonyl (C=O) groups excluding carboxylic acids is 2. The van der Waals surface area contributed by atoms with E-state index in [0.717, 1.165) is 12.8 Å². The molecule has 1 aliphatic heterocycles. The minimum atomic E-state index is -0.522. The fraction of sp³-hybridized carbons (Fsp3) is 0.579. The topological polar surface area (TPSA) is 49.4 Å². The Bertz CT molecular complexity index is 681. The number of carbonyl (C=O) groups is 2. The highest BCUT2D eigenvalue weighted by Crippen LogP contribution is 2.31. The van der Waals surface area contributed by atoms with Gasteiger partial charge in [-0.25, -0.2) is 4.39 Å². The normalized spacial score (nSPS) is 29.8. The Morgan fingerprint density at radius 2 is 2.08 bits per heavy atom. The SMILES string of the molecule is CC1CCCC(NC(=O)C2CC(=O)N(c3ccc(F)c(Cl)c3)C2)C1C. The summed E-state index contributed by atoms with van der Waals surface area (Å²) in [5, 5.41) is 3.13. The van der Waals surface area contributed by atoms with Gasteiger partial charge in [-0.05, 0) is 36.5 Å². The molecule has 4 atom stereocenters. The fourth-order valence-corrected chi connectivity index (χ4v) is 4.05. The lowest BCUT2D eigenvalue weighted by molar-refractivity contribution is -0.127. The van der Waals surface area contributed by atoms with Gasteiger partial charge in [-0.3, -0.25) is 9.59 Å². The lowest BCUT2D eigenvalue weighted by atomic mass is 9.78. The van der Waals surface area contributed by atoms with Crippen LogP contribution in [0.3, 0.4) is 0 Å². The number of halogens is 2. The molecule has 1 aromatic rings. The van der Waals surface area contributed by atoms with Crippen LogP contribution in [0.5, 0.6) is 0 Å². The zero-order valence-electron chi connectivity index (χ0n) is 14.6. The van der Waals surface area contributed by atoms with Crippen molar-refractivity contribution in [2.75, 3.05) is 11.4 Å². The van der Waals surface area contributed by atoms with Gasteiger partial charge in [0.05, 0.1) is 10.9 Å². The van der Waals surface area contributed by atoms with Crippen LogP contribution in [0.25, 0.3) is 0 Å². The van der Waals surface area contributed by atoms with Gasteiger partial charge in [-0.1, -0.05) is 38.3 Å². The molecule has 1 saturated heterocycles. The van der Waals surface area contributed by atoms with Gasteiger partial charge >= 0.3 is 0 Å². The van der Waals surface area contributed by atoms with Crippen molar-refractivity contribution in [3.8, 4) is 0 Å². The lowest BCUT2D eigenvalue weighted by Gasteiger charge is -2.35. The number of amides is 2. The van der Waals surface area contributed by atoms with Crippen molar-refractivity contribution >= 4 is 29.1 Å². The number of anilines is 1. The van der Waals surface area contributed by atoms with Crippen molar-refractivity contribution in [3.05, 3.63) is 29.0 Å². The highest BCUT2D eigenvalue weighted by Gasteiger charge is 2.37. The van der Waals surface area contributed by atoms with Gasteiger partial charge in [0, 0.05) is 24.7 Å². The molecule has 0 spiro atoms. The molecule has 0 aromatic heterocycles. The third-order valence-electron chi connectivity index (χ3n) is 5.75. The van der Waals surface area contributed by atoms with Crippen molar-refractivity contribution in [3.63, 3.8) is 0 Å². The van der Waals surface area contributed by atoms with Gasteiger partial charge in [-0.2, -0.15) is 0 Å². The lowest BCUT2D eigenvalue weighted by Crippen LogP contribution is -2.46. The molecule has 4 unspecified atom stereocenters. The second-order valence-electron chi connectivity index (χ2n) is 7.39. The zero-order valence-corrected chi connectivity index (χ0v) is 15.4. The standard InChI is InChI=1S/C19H24ClFN2O2/c1-11-4-3-5-17(12(11)2)22-19(25)13-8-18(24)23(10-13)14-6-7-16(21)15(20)9-14/h6-7,9,11-13,17H,3-5,8,10H2,1-2H3,(H,22,25). The van der Waals surface area contributed by atoms with E-state index in [1.165, 1.54) is 29.5 Å². The summed E-state index contributed by atoms with van der Waals surface area (Å²) in [5.41, 5.74) is 0.534. The van der Waals surface area contributed by atoms with Gasteiger partial charge in [0.15, 0.2) is 0 Å². The Labute approximate surface area is 152 Å². The van der Waals surface area contributed by atoms with Crippen molar-refractivity contribution in [1.82, 2.24) is 5.32 Å². The molecular weight excluding hydrogens is 343 g/mol. The maximum absolute atomic E-state index is 13.3. The molecule has 25 heavy (non-hydrogen) atoms. The monoisotopic (exact) mass is 366 g/mol. The van der Waals surface area contributed by atoms with Crippen LogP contribution in [0.2, 0.25) is 5.02 Å². The first kappa shape index (κ1) is 18.2. The Hall–Kier alpha value is -1.62. The second-order valence-corrected chi connectivity index (χ2v) is 7.79. The Kier molecular flexibility index (Phi) is 5.32. The van der Waals surface area contributed by atoms with Crippen LogP contribution in [0, 0.1) is 23.6 Å². The molecule has 1 N–H and O–H groups in total. The van der Waals surface area contributed by atoms with Crippen LogP contribution < -0.4 is 10.2 Å². The molecule has 1 saturated carbocycles. The summed E-state index contributed by atoms with van der Waals surface area (Å²) in [6, 6.07) is 4.37. The highest BCUT2D eigenvalue weighted by atomic mass is 35.5. The van der Waals surface area contributed by atoms with Crippen molar-refractivity contribution < 1.29 is 14.0 Å². The maximum Gasteiger partial charge on any atom is 0.227 e. The molecule has 1 heterocycles. The second kappa shape index (κ2) is 7.32. The van der Waals surface area contributed by atoms with Gasteiger partial charge in [0.25, 0.3) is 0 Å². The summed E-state index contributed by atoms with van der Waals surface area (Å²) < 4.78 is 13.3. The number of nitrogens with one attached hydrogen (secondary N) is 1. The third kappa shape index (κ3) is 3.81. The summed E-state index contributed by atoms with van der Waals surface area (Å²) in [7, 11) is 0. The van der Waals surface area contributed by atoms with E-state index in [2.05, 4.69) is 19.2 Å². The first-order valence-corrected chi connectivity index (χ1v) is 9.30. The van der Waals surface area contributed by atoms with Crippen LogP contribution in [-0.4, -0.2) is 24.4 Å². The van der Waals surface area contributed by atoms with Gasteiger partial charge in [0.1, 0.15) is 5.82 Å². The van der Waals surface area contributed by atoms with E-state index in [-0.39, 0.29) is 35.2 Å². The highest BCUT2D eigenvalue weighted by molar-refractivity contribution is 6.31. The molecule has 2 aliphatic rings. The molecule has 0 radical (unpaired) electrons. The van der Waals surface area contributed by atoms with E-state index in [9.17, 15) is 14.0 Å². The van der Waals surface area contributed by atoms with Crippen molar-refractivity contribution in [2.24, 2.45) is 17.8 Å². The van der Waals surface area contributed by atoms with Gasteiger partial charge < -0.3 is 10.2 Å². The molecule has 6 heteroatoms. The molecular formula is C19H24ClFN2O2. The van der Waals surface area contributed by atoms with Crippen molar-refractivity contribution in [2.45, 2.75) is 45.6 Å². The van der Waals surface area contributed by atoms with Crippen LogP contribution in [0.1, 0.15) is 39.5 Å². The number of hydrogen-bond donors (Lipinski definition) is 1. The van der Waals surface area contributed by atoms with E-state index in [4.69, 9.17) is 11.6 Å². The molecule has 2 amide bonds. The average molecular weight is 367 g/mol. The zero-order chi connectivity index (χ0) is 18.1. The average Bonchev–Trinajstić information content (AvgIpc) is 2.96. The van der Waals surface area contributed by atoms with Crippen LogP contribution in [0.4, 0.5) is 10.1 Å². The van der Waals surface area contributed by atoms with E-state index in [0.29, 0.717) is 24.1 Å². The predicted octanol–water partition coefficient (Wildman–Crippen LogP) is 3.77. The van der Waals surface area contributed by atoms with E-state index in [1.807, 2.05) is 0 Å². The van der Waals surface area contributed by atoms with Crippen LogP contribution >= 0.6 is 11.6 Å². The number of rotatable bonds is 3. The smallest absolute Gasteiger partial charge is 0.227 e. The maximum atomic E-state index is 13.3. The molecule has 1 aromatic carbocycles. The minimum absolute atomic E-state index is 0.0248. The molecule has 4 nitrogen and oxygen atoms in total. The number of hydrogen-bond acceptors (Lipinski definition) is 2. The summed E-state index contributed by atoms with van der Waals surface area (Å²) >= 11 is 5.81. The number of nitrogens with zero attached hydrogens (tertiary/aromatic N) is 1. The number of benzene rings is 1. The van der Waals surface area contributed by atoms with E-state index < -0.39 is 5.82 Å². The molecule has 1 aliphatic carbocycles. The van der Waals surface area contributed by atoms with Crippen molar-refractivity contribution in [1.29, 1.82) is 0 Å². The fourth-order valence-electron chi connectivity index (χ4n) is 3.87. The summed E-state index contributed by atoms with van der Waals surface area (Å²) in [6.07, 6.45) is 3.50. The van der Waals surface area contributed by atoms with Crippen LogP contribution in [0.15, 0.2) is 18.2 Å². The van der Waals surface area contributed by atoms with Crippen LogP contribution in [-0.2, 0) is 9.59 Å². The van der Waals surface area contributed by atoms with E-state index >= 15 is 0 Å². The van der Waals surface area contributed by atoms with Gasteiger partial charge in [0.2, 0.25) is 11.8 Å². The summed E-state index contributed by atoms with van der Waals surface area (Å²) in [4.78, 5) is 26.5. The summed E-state index contributed by atoms with van der Waals surface area (Å²) in [6.45, 7) is 4.72. The molecule has 0 bridgehead atoms. The molecule has 136 valence electrons. The predicted molar refractivity (Wildman–Crippen MR) is 96.0 cm³/mol. The minimum Gasteiger partial charge on any atom is -0.353 e. The Balaban J connectivity index is 1.65. The Morgan fingerprint density at radius 1 is 1.32 bits per heavy atom. The Morgan fingerprint density at radius 3 is 2.80 bits per heavy atom. The third-order valence-corrected chi connectivity index (χ3v) is 6.03. The molecule has 2 fully saturated rings. The first-order chi connectivity index (χ1) is 11.9. The quantitative estimate of drug-likeness (QED) is 0.885. The van der Waals surface area contributed by atoms with E-state index in [1.54, 1.807) is 0 Å². The van der Waals surface area contributed by atoms with Gasteiger partial charge in [-0.15, -0.1) is 0 Å². The summed E-state index contributed by atoms with van der Waals surface area (Å²) in [5.74, 6) is -0.0423.